The third-order valence-corrected chi connectivity index (χ3v) is 5.40. The Morgan fingerprint density at radius 1 is 1.22 bits per heavy atom. The minimum Gasteiger partial charge on any atom is -0.449 e. The maximum atomic E-state index is 12.4. The standard InChI is InChI=1S/C19H25N5O3/c1-12-5-4-6-17(13(12)2)21-18(25)14(3)27-19(26)15-7-9-16(10-8-15)24-11-20-22-23-24/h7-14,17H,4-6H2,1-3H3,(H,21,25)/t12-,13-,14-,17+/m1/s1. The number of tetrazole rings is 1. The van der Waals surface area contributed by atoms with Gasteiger partial charge < -0.3 is 10.1 Å². The third-order valence-electron chi connectivity index (χ3n) is 5.40. The van der Waals surface area contributed by atoms with Crippen molar-refractivity contribution in [2.75, 3.05) is 0 Å². The molecule has 1 saturated carbocycles. The van der Waals surface area contributed by atoms with Gasteiger partial charge in [0.15, 0.2) is 6.10 Å². The van der Waals surface area contributed by atoms with Gasteiger partial charge in [0, 0.05) is 6.04 Å². The van der Waals surface area contributed by atoms with Crippen molar-refractivity contribution in [1.82, 2.24) is 25.5 Å². The quantitative estimate of drug-likeness (QED) is 0.809. The molecule has 1 fully saturated rings. The zero-order valence-corrected chi connectivity index (χ0v) is 15.8. The number of aromatic nitrogens is 4. The Morgan fingerprint density at radius 3 is 2.63 bits per heavy atom. The van der Waals surface area contributed by atoms with Crippen molar-refractivity contribution in [3.8, 4) is 5.69 Å². The van der Waals surface area contributed by atoms with E-state index in [9.17, 15) is 9.59 Å². The smallest absolute Gasteiger partial charge is 0.338 e. The molecule has 1 aromatic heterocycles. The molecule has 0 aliphatic heterocycles. The summed E-state index contributed by atoms with van der Waals surface area (Å²) in [4.78, 5) is 24.7. The molecule has 0 saturated heterocycles. The minimum absolute atomic E-state index is 0.137. The highest BCUT2D eigenvalue weighted by atomic mass is 16.5. The molecule has 1 N–H and O–H groups in total. The fourth-order valence-corrected chi connectivity index (χ4v) is 3.40. The number of rotatable bonds is 5. The van der Waals surface area contributed by atoms with Crippen LogP contribution in [0.5, 0.6) is 0 Å². The average Bonchev–Trinajstić information content (AvgIpc) is 3.20. The van der Waals surface area contributed by atoms with E-state index in [0.29, 0.717) is 17.4 Å². The van der Waals surface area contributed by atoms with Gasteiger partial charge in [-0.3, -0.25) is 4.79 Å². The minimum atomic E-state index is -0.846. The predicted molar refractivity (Wildman–Crippen MR) is 98.1 cm³/mol. The summed E-state index contributed by atoms with van der Waals surface area (Å²) in [6.07, 6.45) is 3.89. The van der Waals surface area contributed by atoms with E-state index in [1.807, 2.05) is 0 Å². The lowest BCUT2D eigenvalue weighted by molar-refractivity contribution is -0.130. The van der Waals surface area contributed by atoms with Crippen LogP contribution in [0.25, 0.3) is 5.69 Å². The van der Waals surface area contributed by atoms with E-state index >= 15 is 0 Å². The third kappa shape index (κ3) is 4.50. The molecule has 1 aliphatic carbocycles. The normalized spacial score (nSPS) is 23.4. The van der Waals surface area contributed by atoms with E-state index in [1.165, 1.54) is 17.4 Å². The van der Waals surface area contributed by atoms with E-state index in [0.717, 1.165) is 18.5 Å². The number of nitrogens with zero attached hydrogens (tertiary/aromatic N) is 4. The second kappa shape index (κ2) is 8.28. The number of hydrogen-bond donors (Lipinski definition) is 1. The first kappa shape index (κ1) is 19.0. The number of esters is 1. The van der Waals surface area contributed by atoms with Gasteiger partial charge in [-0.2, -0.15) is 0 Å². The lowest BCUT2D eigenvalue weighted by Crippen LogP contribution is -2.47. The van der Waals surface area contributed by atoms with Crippen LogP contribution in [0.3, 0.4) is 0 Å². The summed E-state index contributed by atoms with van der Waals surface area (Å²) in [6.45, 7) is 5.97. The molecule has 8 heteroatoms. The summed E-state index contributed by atoms with van der Waals surface area (Å²) < 4.78 is 6.82. The van der Waals surface area contributed by atoms with Crippen molar-refractivity contribution in [2.45, 2.75) is 52.2 Å². The van der Waals surface area contributed by atoms with Gasteiger partial charge >= 0.3 is 5.97 Å². The molecule has 27 heavy (non-hydrogen) atoms. The van der Waals surface area contributed by atoms with E-state index in [-0.39, 0.29) is 11.9 Å². The molecule has 0 bridgehead atoms. The second-order valence-corrected chi connectivity index (χ2v) is 7.23. The molecule has 144 valence electrons. The van der Waals surface area contributed by atoms with Crippen LogP contribution in [0.4, 0.5) is 0 Å². The fraction of sp³-hybridized carbons (Fsp3) is 0.526. The van der Waals surface area contributed by atoms with Crippen molar-refractivity contribution >= 4 is 11.9 Å². The fourth-order valence-electron chi connectivity index (χ4n) is 3.40. The summed E-state index contributed by atoms with van der Waals surface area (Å²) in [5.74, 6) is 0.218. The maximum absolute atomic E-state index is 12.4. The Morgan fingerprint density at radius 2 is 1.96 bits per heavy atom. The van der Waals surface area contributed by atoms with Gasteiger partial charge in [-0.1, -0.05) is 26.7 Å². The number of amides is 1. The number of carbonyl (C=O) groups excluding carboxylic acids is 2. The summed E-state index contributed by atoms with van der Waals surface area (Å²) in [6, 6.07) is 6.80. The molecule has 0 spiro atoms. The summed E-state index contributed by atoms with van der Waals surface area (Å²) in [5.41, 5.74) is 1.09. The lowest BCUT2D eigenvalue weighted by atomic mass is 9.78. The van der Waals surface area contributed by atoms with Crippen LogP contribution in [0.1, 0.15) is 50.4 Å². The number of ether oxygens (including phenoxy) is 1. The molecular weight excluding hydrogens is 346 g/mol. The number of nitrogens with one attached hydrogen (secondary N) is 1. The molecule has 3 rings (SSSR count). The van der Waals surface area contributed by atoms with Gasteiger partial charge in [-0.15, -0.1) is 5.10 Å². The van der Waals surface area contributed by atoms with Gasteiger partial charge in [0.05, 0.1) is 11.3 Å². The van der Waals surface area contributed by atoms with Crippen LogP contribution in [0.15, 0.2) is 30.6 Å². The molecule has 0 unspecified atom stereocenters. The first-order valence-electron chi connectivity index (χ1n) is 9.30. The Bertz CT molecular complexity index is 775. The summed E-state index contributed by atoms with van der Waals surface area (Å²) >= 11 is 0. The van der Waals surface area contributed by atoms with E-state index in [2.05, 4.69) is 34.7 Å². The largest absolute Gasteiger partial charge is 0.449 e. The summed E-state index contributed by atoms with van der Waals surface area (Å²) in [7, 11) is 0. The highest BCUT2D eigenvalue weighted by molar-refractivity contribution is 5.92. The van der Waals surface area contributed by atoms with Crippen LogP contribution >= 0.6 is 0 Å². The van der Waals surface area contributed by atoms with Gasteiger partial charge in [0.1, 0.15) is 6.33 Å². The Hall–Kier alpha value is -2.77. The zero-order valence-electron chi connectivity index (χ0n) is 15.8. The Labute approximate surface area is 158 Å². The van der Waals surface area contributed by atoms with Crippen LogP contribution in [0, 0.1) is 11.8 Å². The first-order chi connectivity index (χ1) is 13.0. The SMILES string of the molecule is C[C@@H]1[C@H](C)CCC[C@@H]1NC(=O)[C@@H](C)OC(=O)c1ccc(-n2cnnn2)cc1. The van der Waals surface area contributed by atoms with Crippen molar-refractivity contribution < 1.29 is 14.3 Å². The Balaban J connectivity index is 1.56. The van der Waals surface area contributed by atoms with Crippen molar-refractivity contribution in [2.24, 2.45) is 11.8 Å². The van der Waals surface area contributed by atoms with Gasteiger partial charge in [0.2, 0.25) is 0 Å². The Kier molecular flexibility index (Phi) is 5.83. The van der Waals surface area contributed by atoms with Crippen LogP contribution in [-0.2, 0) is 9.53 Å². The summed E-state index contributed by atoms with van der Waals surface area (Å²) in [5, 5.41) is 14.0. The second-order valence-electron chi connectivity index (χ2n) is 7.23. The molecule has 1 aromatic carbocycles. The highest BCUT2D eigenvalue weighted by Gasteiger charge is 2.30. The lowest BCUT2D eigenvalue weighted by Gasteiger charge is -2.35. The number of hydrogen-bond acceptors (Lipinski definition) is 6. The monoisotopic (exact) mass is 371 g/mol. The molecule has 1 heterocycles. The molecule has 4 atom stereocenters. The number of carbonyl (C=O) groups is 2. The van der Waals surface area contributed by atoms with Crippen LogP contribution < -0.4 is 5.32 Å². The van der Waals surface area contributed by atoms with Gasteiger partial charge in [-0.25, -0.2) is 9.48 Å². The van der Waals surface area contributed by atoms with Crippen molar-refractivity contribution in [3.63, 3.8) is 0 Å². The molecule has 8 nitrogen and oxygen atoms in total. The number of benzene rings is 1. The zero-order chi connectivity index (χ0) is 19.4. The van der Waals surface area contributed by atoms with Gasteiger partial charge in [-0.05, 0) is 59.9 Å². The molecule has 2 aromatic rings. The topological polar surface area (TPSA) is 99.0 Å². The van der Waals surface area contributed by atoms with E-state index < -0.39 is 12.1 Å². The molecule has 0 radical (unpaired) electrons. The maximum Gasteiger partial charge on any atom is 0.338 e. The van der Waals surface area contributed by atoms with Crippen LogP contribution in [0.2, 0.25) is 0 Å². The van der Waals surface area contributed by atoms with Crippen LogP contribution in [-0.4, -0.2) is 44.2 Å². The molecule has 1 amide bonds. The molecule has 1 aliphatic rings. The van der Waals surface area contributed by atoms with E-state index in [1.54, 1.807) is 31.2 Å². The highest BCUT2D eigenvalue weighted by Crippen LogP contribution is 2.29. The molecular formula is C19H25N5O3. The van der Waals surface area contributed by atoms with Gasteiger partial charge in [0.25, 0.3) is 5.91 Å². The predicted octanol–water partition coefficient (Wildman–Crippen LogP) is 2.15. The van der Waals surface area contributed by atoms with E-state index in [4.69, 9.17) is 4.74 Å². The first-order valence-corrected chi connectivity index (χ1v) is 9.30. The average molecular weight is 371 g/mol. The van der Waals surface area contributed by atoms with Crippen molar-refractivity contribution in [3.05, 3.63) is 36.2 Å². The van der Waals surface area contributed by atoms with Crippen molar-refractivity contribution in [1.29, 1.82) is 0 Å².